The molecule has 0 spiro atoms. The van der Waals surface area contributed by atoms with E-state index in [0.29, 0.717) is 58.4 Å². The van der Waals surface area contributed by atoms with Crippen molar-refractivity contribution >= 4 is 62.6 Å². The van der Waals surface area contributed by atoms with Crippen LogP contribution in [-0.4, -0.2) is 89.7 Å². The number of amides is 4. The number of thiophene rings is 1. The smallest absolute Gasteiger partial charge is 0.272 e. The predicted molar refractivity (Wildman–Crippen MR) is 193 cm³/mol. The standard InChI is InChI=1S/C37H42N6O6S/c1-41-22-25(18-29(41)35(45)40-24-10-11-32-23(16-24)17-33(50-32)37(47)42-12-4-3-5-13-42)39-34(44)9-7-15-49-31-20-28-27(19-30(31)48-2)36(46)43-14-6-8-26(43)21-38-28/h10-11,16-18,20-22,26,30H,3-9,12-15,19H2,1-2H3,(H,39,44)(H,40,45)/t26-,30?/m0/s1. The summed E-state index contributed by atoms with van der Waals surface area (Å²) in [6.45, 7) is 2.64. The third-order valence-electron chi connectivity index (χ3n) is 9.75. The van der Waals surface area contributed by atoms with Crippen LogP contribution >= 0.6 is 11.3 Å². The van der Waals surface area contributed by atoms with Gasteiger partial charge < -0.3 is 34.5 Å². The van der Waals surface area contributed by atoms with Crippen molar-refractivity contribution in [3.8, 4) is 0 Å². The zero-order valence-corrected chi connectivity index (χ0v) is 29.2. The van der Waals surface area contributed by atoms with Crippen LogP contribution in [0.25, 0.3) is 10.1 Å². The average Bonchev–Trinajstić information content (AvgIpc) is 3.85. The highest BCUT2D eigenvalue weighted by Crippen LogP contribution is 2.33. The number of anilines is 2. The van der Waals surface area contributed by atoms with Crippen molar-refractivity contribution in [2.45, 2.75) is 63.5 Å². The number of benzene rings is 1. The van der Waals surface area contributed by atoms with E-state index in [9.17, 15) is 19.2 Å². The largest absolute Gasteiger partial charge is 0.495 e. The van der Waals surface area contributed by atoms with Gasteiger partial charge in [0, 0.05) is 81.1 Å². The summed E-state index contributed by atoms with van der Waals surface area (Å²) in [5.74, 6) is 0.179. The minimum Gasteiger partial charge on any atom is -0.495 e. The van der Waals surface area contributed by atoms with Crippen LogP contribution in [0.2, 0.25) is 0 Å². The maximum Gasteiger partial charge on any atom is 0.272 e. The Morgan fingerprint density at radius 2 is 1.86 bits per heavy atom. The lowest BCUT2D eigenvalue weighted by Gasteiger charge is -2.27. The molecule has 1 aromatic carbocycles. The number of aromatic nitrogens is 1. The molecule has 2 fully saturated rings. The van der Waals surface area contributed by atoms with E-state index in [4.69, 9.17) is 9.47 Å². The Labute approximate surface area is 294 Å². The van der Waals surface area contributed by atoms with Crippen LogP contribution in [0.4, 0.5) is 11.4 Å². The van der Waals surface area contributed by atoms with E-state index in [-0.39, 0.29) is 36.1 Å². The second-order valence-electron chi connectivity index (χ2n) is 13.2. The van der Waals surface area contributed by atoms with Crippen molar-refractivity contribution in [1.82, 2.24) is 14.4 Å². The number of nitrogens with one attached hydrogen (secondary N) is 2. The van der Waals surface area contributed by atoms with E-state index >= 15 is 0 Å². The minimum atomic E-state index is -0.395. The van der Waals surface area contributed by atoms with Crippen LogP contribution in [0.1, 0.15) is 71.5 Å². The molecular weight excluding hydrogens is 657 g/mol. The SMILES string of the molecule is COC1CC2=C(C=C1OCCCC(=O)Nc1cc(C(=O)Nc3ccc4sc(C(=O)N5CCCCC5)cc4c3)n(C)c1)N=C[C@@H]1CCCN1C2=O. The van der Waals surface area contributed by atoms with Crippen LogP contribution in [0.5, 0.6) is 0 Å². The summed E-state index contributed by atoms with van der Waals surface area (Å²) in [5.41, 5.74) is 2.80. The summed E-state index contributed by atoms with van der Waals surface area (Å²) in [4.78, 5) is 61.3. The molecule has 4 amide bonds. The number of carbonyl (C=O) groups excluding carboxylic acids is 4. The molecule has 12 nitrogen and oxygen atoms in total. The highest BCUT2D eigenvalue weighted by atomic mass is 32.1. The first-order valence-electron chi connectivity index (χ1n) is 17.3. The van der Waals surface area contributed by atoms with Gasteiger partial charge in [-0.05, 0) is 74.2 Å². The van der Waals surface area contributed by atoms with Crippen LogP contribution in [0.3, 0.4) is 0 Å². The third kappa shape index (κ3) is 7.10. The minimum absolute atomic E-state index is 0.0196. The van der Waals surface area contributed by atoms with Crippen LogP contribution in [-0.2, 0) is 26.1 Å². The summed E-state index contributed by atoms with van der Waals surface area (Å²) in [7, 11) is 3.34. The molecule has 3 aromatic rings. The number of hydrogen-bond acceptors (Lipinski definition) is 8. The van der Waals surface area contributed by atoms with Gasteiger partial charge in [-0.25, -0.2) is 0 Å². The molecule has 262 valence electrons. The van der Waals surface area contributed by atoms with Crippen molar-refractivity contribution in [2.24, 2.45) is 12.0 Å². The van der Waals surface area contributed by atoms with Gasteiger partial charge in [0.05, 0.1) is 28.9 Å². The Kier molecular flexibility index (Phi) is 9.86. The van der Waals surface area contributed by atoms with Crippen molar-refractivity contribution in [3.05, 3.63) is 70.2 Å². The first-order chi connectivity index (χ1) is 24.3. The molecule has 0 bridgehead atoms. The molecule has 4 aliphatic rings. The molecule has 2 atom stereocenters. The molecular formula is C37H42N6O6S. The van der Waals surface area contributed by atoms with Crippen LogP contribution in [0.15, 0.2) is 64.6 Å². The van der Waals surface area contributed by atoms with Gasteiger partial charge >= 0.3 is 0 Å². The Balaban J connectivity index is 0.908. The zero-order chi connectivity index (χ0) is 34.8. The van der Waals surface area contributed by atoms with Crippen molar-refractivity contribution < 1.29 is 28.7 Å². The number of aryl methyl sites for hydroxylation is 1. The highest BCUT2D eigenvalue weighted by Gasteiger charge is 2.36. The quantitative estimate of drug-likeness (QED) is 0.269. The van der Waals surface area contributed by atoms with Gasteiger partial charge in [-0.2, -0.15) is 0 Å². The topological polar surface area (TPSA) is 135 Å². The lowest BCUT2D eigenvalue weighted by atomic mass is 9.97. The first kappa shape index (κ1) is 33.7. The van der Waals surface area contributed by atoms with Gasteiger partial charge in [-0.3, -0.25) is 24.2 Å². The number of piperidine rings is 1. The number of rotatable bonds is 10. The maximum absolute atomic E-state index is 13.2. The fourth-order valence-corrected chi connectivity index (χ4v) is 8.08. The van der Waals surface area contributed by atoms with Crippen molar-refractivity contribution in [2.75, 3.05) is 44.0 Å². The monoisotopic (exact) mass is 698 g/mol. The fraction of sp³-hybridized carbons (Fsp3) is 0.432. The molecule has 50 heavy (non-hydrogen) atoms. The average molecular weight is 699 g/mol. The molecule has 2 aromatic heterocycles. The van der Waals surface area contributed by atoms with Gasteiger partial charge in [-0.15, -0.1) is 11.3 Å². The Morgan fingerprint density at radius 3 is 2.68 bits per heavy atom. The number of methoxy groups -OCH3 is 1. The second kappa shape index (κ2) is 14.6. The van der Waals surface area contributed by atoms with Gasteiger partial charge in [0.2, 0.25) is 5.91 Å². The number of hydrogen-bond donors (Lipinski definition) is 2. The van der Waals surface area contributed by atoms with Gasteiger partial charge in [0.15, 0.2) is 0 Å². The van der Waals surface area contributed by atoms with E-state index < -0.39 is 6.10 Å². The number of ether oxygens (including phenoxy) is 2. The summed E-state index contributed by atoms with van der Waals surface area (Å²) in [5, 5.41) is 6.73. The number of allylic oxidation sites excluding steroid dienone is 1. The van der Waals surface area contributed by atoms with Crippen LogP contribution < -0.4 is 10.6 Å². The highest BCUT2D eigenvalue weighted by molar-refractivity contribution is 7.20. The predicted octanol–water partition coefficient (Wildman–Crippen LogP) is 5.49. The Hall–Kier alpha value is -4.75. The van der Waals surface area contributed by atoms with Gasteiger partial charge in [0.25, 0.3) is 17.7 Å². The molecule has 13 heteroatoms. The van der Waals surface area contributed by atoms with E-state index in [1.165, 1.54) is 17.8 Å². The van der Waals surface area contributed by atoms with E-state index in [2.05, 4.69) is 15.6 Å². The molecule has 0 saturated carbocycles. The summed E-state index contributed by atoms with van der Waals surface area (Å²) in [6.07, 6.45) is 11.2. The molecule has 1 unspecified atom stereocenters. The lowest BCUT2D eigenvalue weighted by molar-refractivity contribution is -0.127. The number of likely N-dealkylation sites (tertiary alicyclic amines) is 1. The zero-order valence-electron chi connectivity index (χ0n) is 28.4. The molecule has 0 radical (unpaired) electrons. The van der Waals surface area contributed by atoms with E-state index in [1.54, 1.807) is 37.1 Å². The van der Waals surface area contributed by atoms with E-state index in [0.717, 1.165) is 55.4 Å². The second-order valence-corrected chi connectivity index (χ2v) is 14.3. The lowest BCUT2D eigenvalue weighted by Crippen LogP contribution is -2.37. The first-order valence-corrected chi connectivity index (χ1v) is 18.1. The molecule has 2 N–H and O–H groups in total. The summed E-state index contributed by atoms with van der Waals surface area (Å²) < 4.78 is 14.3. The number of carbonyl (C=O) groups is 4. The Bertz CT molecular complexity index is 1920. The van der Waals surface area contributed by atoms with Gasteiger partial charge in [-0.1, -0.05) is 0 Å². The normalized spacial score (nSPS) is 20.4. The summed E-state index contributed by atoms with van der Waals surface area (Å²) >= 11 is 1.47. The fourth-order valence-electron chi connectivity index (χ4n) is 7.07. The Morgan fingerprint density at radius 1 is 1.02 bits per heavy atom. The maximum atomic E-state index is 13.2. The third-order valence-corrected chi connectivity index (χ3v) is 10.9. The molecule has 7 rings (SSSR count). The summed E-state index contributed by atoms with van der Waals surface area (Å²) in [6, 6.07) is 9.22. The molecule has 2 saturated heterocycles. The van der Waals surface area contributed by atoms with Gasteiger partial charge in [0.1, 0.15) is 17.6 Å². The van der Waals surface area contributed by atoms with Crippen LogP contribution in [0, 0.1) is 0 Å². The van der Waals surface area contributed by atoms with Crippen molar-refractivity contribution in [1.29, 1.82) is 0 Å². The number of fused-ring (bicyclic) bond motifs is 2. The molecule has 5 heterocycles. The van der Waals surface area contributed by atoms with E-state index in [1.807, 2.05) is 40.3 Å². The molecule has 3 aliphatic heterocycles. The number of aliphatic imine (C=N–C) groups is 1. The molecule has 1 aliphatic carbocycles. The number of nitrogens with zero attached hydrogens (tertiary/aromatic N) is 4. The van der Waals surface area contributed by atoms with Crippen molar-refractivity contribution in [3.63, 3.8) is 0 Å².